The average Bonchev–Trinajstić information content (AvgIpc) is 3.27. The third-order valence-corrected chi connectivity index (χ3v) is 5.91. The molecule has 32 heavy (non-hydrogen) atoms. The molecule has 0 N–H and O–H groups in total. The third-order valence-electron chi connectivity index (χ3n) is 5.68. The minimum absolute atomic E-state index is 0.0966. The number of rotatable bonds is 5. The maximum atomic E-state index is 11.8. The van der Waals surface area contributed by atoms with Gasteiger partial charge in [0.1, 0.15) is 11.8 Å². The van der Waals surface area contributed by atoms with Crippen molar-refractivity contribution in [2.24, 2.45) is 0 Å². The number of benzene rings is 3. The molecule has 3 aromatic carbocycles. The fourth-order valence-electron chi connectivity index (χ4n) is 4.10. The van der Waals surface area contributed by atoms with Gasteiger partial charge in [0.25, 0.3) is 5.69 Å². The number of fused-ring (bicyclic) bond motifs is 1. The summed E-state index contributed by atoms with van der Waals surface area (Å²) in [5, 5.41) is 13.4. The van der Waals surface area contributed by atoms with E-state index in [4.69, 9.17) is 16.3 Å². The molecule has 6 nitrogen and oxygen atoms in total. The average molecular weight is 446 g/mol. The van der Waals surface area contributed by atoms with Crippen molar-refractivity contribution in [1.29, 1.82) is 0 Å². The number of nitro benzene ring substituents is 1. The van der Waals surface area contributed by atoms with Crippen LogP contribution >= 0.6 is 11.6 Å². The molecule has 1 aromatic heterocycles. The summed E-state index contributed by atoms with van der Waals surface area (Å²) < 4.78 is 6.10. The van der Waals surface area contributed by atoms with Crippen molar-refractivity contribution in [3.63, 3.8) is 0 Å². The van der Waals surface area contributed by atoms with Gasteiger partial charge >= 0.3 is 0 Å². The molecule has 0 radical (unpaired) electrons. The van der Waals surface area contributed by atoms with E-state index in [1.807, 2.05) is 71.6 Å². The highest BCUT2D eigenvalue weighted by molar-refractivity contribution is 6.31. The Bertz CT molecular complexity index is 1300. The van der Waals surface area contributed by atoms with Crippen LogP contribution in [0.2, 0.25) is 5.02 Å². The summed E-state index contributed by atoms with van der Waals surface area (Å²) >= 11 is 6.04. The van der Waals surface area contributed by atoms with Crippen LogP contribution in [0.5, 0.6) is 5.88 Å². The van der Waals surface area contributed by atoms with Gasteiger partial charge in [-0.3, -0.25) is 10.1 Å². The first kappa shape index (κ1) is 20.3. The van der Waals surface area contributed by atoms with Crippen LogP contribution in [0.4, 0.5) is 11.4 Å². The second kappa shape index (κ2) is 8.48. The summed E-state index contributed by atoms with van der Waals surface area (Å²) in [5.74, 6) is 0.542. The summed E-state index contributed by atoms with van der Waals surface area (Å²) in [5.41, 5.74) is 3.31. The predicted octanol–water partition coefficient (Wildman–Crippen LogP) is 6.12. The quantitative estimate of drug-likeness (QED) is 0.273. The Hall–Kier alpha value is -3.64. The molecule has 0 amide bonds. The van der Waals surface area contributed by atoms with E-state index in [0.717, 1.165) is 28.5 Å². The fourth-order valence-corrected chi connectivity index (χ4v) is 4.29. The van der Waals surface area contributed by atoms with E-state index in [2.05, 4.69) is 4.98 Å². The molecule has 1 atom stereocenters. The molecular weight excluding hydrogens is 426 g/mol. The minimum Gasteiger partial charge on any atom is -0.472 e. The van der Waals surface area contributed by atoms with Gasteiger partial charge in [-0.05, 0) is 41.5 Å². The zero-order valence-electron chi connectivity index (χ0n) is 17.1. The highest BCUT2D eigenvalue weighted by Gasteiger charge is 2.29. The van der Waals surface area contributed by atoms with Crippen molar-refractivity contribution in [3.8, 4) is 17.0 Å². The van der Waals surface area contributed by atoms with Crippen LogP contribution in [0.15, 0.2) is 78.9 Å². The van der Waals surface area contributed by atoms with Gasteiger partial charge in [0.2, 0.25) is 5.88 Å². The Morgan fingerprint density at radius 3 is 2.66 bits per heavy atom. The molecule has 2 heterocycles. The van der Waals surface area contributed by atoms with Gasteiger partial charge in [0.15, 0.2) is 0 Å². The molecule has 5 rings (SSSR count). The lowest BCUT2D eigenvalue weighted by Gasteiger charge is -2.19. The lowest BCUT2D eigenvalue weighted by molar-refractivity contribution is -0.384. The summed E-state index contributed by atoms with van der Waals surface area (Å²) in [6.45, 7) is 1.24. The van der Waals surface area contributed by atoms with Crippen LogP contribution in [-0.2, 0) is 0 Å². The zero-order chi connectivity index (χ0) is 22.1. The van der Waals surface area contributed by atoms with Crippen LogP contribution in [0.1, 0.15) is 6.42 Å². The third kappa shape index (κ3) is 4.09. The van der Waals surface area contributed by atoms with Gasteiger partial charge in [0, 0.05) is 35.5 Å². The van der Waals surface area contributed by atoms with E-state index < -0.39 is 0 Å². The number of nitrogens with zero attached hydrogens (tertiary/aromatic N) is 3. The Labute approximate surface area is 190 Å². The summed E-state index contributed by atoms with van der Waals surface area (Å²) in [6, 6.07) is 24.4. The lowest BCUT2D eigenvalue weighted by atomic mass is 10.0. The topological polar surface area (TPSA) is 68.5 Å². The zero-order valence-corrected chi connectivity index (χ0v) is 17.9. The maximum Gasteiger partial charge on any atom is 0.293 e. The van der Waals surface area contributed by atoms with E-state index in [1.54, 1.807) is 12.1 Å². The number of pyridine rings is 1. The number of hydrogen-bond donors (Lipinski definition) is 0. The highest BCUT2D eigenvalue weighted by Crippen LogP contribution is 2.35. The number of halogens is 1. The molecule has 1 aliphatic rings. The molecular formula is C25H20ClN3O3. The molecule has 0 bridgehead atoms. The predicted molar refractivity (Wildman–Crippen MR) is 127 cm³/mol. The van der Waals surface area contributed by atoms with E-state index in [0.29, 0.717) is 29.7 Å². The van der Waals surface area contributed by atoms with Gasteiger partial charge in [0.05, 0.1) is 17.0 Å². The molecule has 1 saturated heterocycles. The van der Waals surface area contributed by atoms with E-state index in [-0.39, 0.29) is 16.7 Å². The van der Waals surface area contributed by atoms with Crippen LogP contribution in [-0.4, -0.2) is 29.1 Å². The first-order chi connectivity index (χ1) is 15.6. The van der Waals surface area contributed by atoms with Gasteiger partial charge in [-0.25, -0.2) is 4.98 Å². The van der Waals surface area contributed by atoms with E-state index >= 15 is 0 Å². The van der Waals surface area contributed by atoms with Crippen molar-refractivity contribution in [2.75, 3.05) is 18.0 Å². The smallest absolute Gasteiger partial charge is 0.293 e. The second-order valence-corrected chi connectivity index (χ2v) is 8.22. The number of anilines is 1. The van der Waals surface area contributed by atoms with Crippen molar-refractivity contribution in [3.05, 3.63) is 94.0 Å². The Morgan fingerprint density at radius 1 is 1.00 bits per heavy atom. The van der Waals surface area contributed by atoms with Crippen molar-refractivity contribution >= 4 is 33.9 Å². The van der Waals surface area contributed by atoms with Gasteiger partial charge in [-0.2, -0.15) is 0 Å². The SMILES string of the molecule is O=[N+]([O-])c1cc(-c2ccccc2)ccc1N1CCC(Oc2ccc3cc(Cl)ccc3n2)C1. The molecule has 7 heteroatoms. The number of hydrogen-bond acceptors (Lipinski definition) is 5. The number of ether oxygens (including phenoxy) is 1. The molecule has 0 saturated carbocycles. The molecule has 0 spiro atoms. The molecule has 1 unspecified atom stereocenters. The maximum absolute atomic E-state index is 11.8. The van der Waals surface area contributed by atoms with Gasteiger partial charge < -0.3 is 9.64 Å². The normalized spacial score (nSPS) is 15.8. The summed E-state index contributed by atoms with van der Waals surface area (Å²) in [6.07, 6.45) is 0.665. The van der Waals surface area contributed by atoms with Crippen LogP contribution in [0.25, 0.3) is 22.0 Å². The van der Waals surface area contributed by atoms with Crippen molar-refractivity contribution in [1.82, 2.24) is 4.98 Å². The highest BCUT2D eigenvalue weighted by atomic mass is 35.5. The van der Waals surface area contributed by atoms with E-state index in [1.165, 1.54) is 0 Å². The first-order valence-electron chi connectivity index (χ1n) is 10.4. The molecule has 1 aliphatic heterocycles. The van der Waals surface area contributed by atoms with Crippen LogP contribution in [0.3, 0.4) is 0 Å². The first-order valence-corrected chi connectivity index (χ1v) is 10.8. The molecule has 0 aliphatic carbocycles. The molecule has 160 valence electrons. The van der Waals surface area contributed by atoms with Crippen LogP contribution in [0, 0.1) is 10.1 Å². The van der Waals surface area contributed by atoms with E-state index in [9.17, 15) is 10.1 Å². The Balaban J connectivity index is 1.35. The summed E-state index contributed by atoms with van der Waals surface area (Å²) in [7, 11) is 0. The number of aromatic nitrogens is 1. The molecule has 4 aromatic rings. The van der Waals surface area contributed by atoms with Crippen molar-refractivity contribution < 1.29 is 9.66 Å². The number of nitro groups is 1. The standard InChI is InChI=1S/C25H20ClN3O3/c26-20-8-9-22-19(14-20)7-11-25(27-22)32-21-12-13-28(16-21)23-10-6-18(15-24(23)29(30)31)17-4-2-1-3-5-17/h1-11,14-15,21H,12-13,16H2. The molecule has 1 fully saturated rings. The monoisotopic (exact) mass is 445 g/mol. The largest absolute Gasteiger partial charge is 0.472 e. The summed E-state index contributed by atoms with van der Waals surface area (Å²) in [4.78, 5) is 18.1. The van der Waals surface area contributed by atoms with Crippen LogP contribution < -0.4 is 9.64 Å². The van der Waals surface area contributed by atoms with Gasteiger partial charge in [-0.1, -0.05) is 48.0 Å². The Kier molecular flexibility index (Phi) is 5.37. The lowest BCUT2D eigenvalue weighted by Crippen LogP contribution is -2.25. The minimum atomic E-state index is -0.314. The Morgan fingerprint density at radius 2 is 1.84 bits per heavy atom. The fraction of sp³-hybridized carbons (Fsp3) is 0.160. The van der Waals surface area contributed by atoms with Crippen molar-refractivity contribution in [2.45, 2.75) is 12.5 Å². The van der Waals surface area contributed by atoms with Gasteiger partial charge in [-0.15, -0.1) is 0 Å². The second-order valence-electron chi connectivity index (χ2n) is 7.79.